The van der Waals surface area contributed by atoms with Crippen LogP contribution in [0, 0.1) is 0 Å². The Morgan fingerprint density at radius 1 is 0.871 bits per heavy atom. The van der Waals surface area contributed by atoms with Crippen molar-refractivity contribution in [2.24, 2.45) is 0 Å². The van der Waals surface area contributed by atoms with Gasteiger partial charge in [0.1, 0.15) is 5.69 Å². The molecular weight excluding hydrogens is 531 g/mol. The number of amides is 1. The molecule has 12 heteroatoms. The van der Waals surface area contributed by atoms with E-state index in [0.29, 0.717) is 10.0 Å². The Hall–Kier alpha value is -1.51. The van der Waals surface area contributed by atoms with Crippen LogP contribution < -0.4 is 10.1 Å². The molecule has 0 fully saturated rings. The number of ether oxygens (including phenoxy) is 1. The van der Waals surface area contributed by atoms with Gasteiger partial charge >= 0.3 is 0 Å². The lowest BCUT2D eigenvalue weighted by atomic mass is 10.3. The third-order valence-electron chi connectivity index (χ3n) is 3.32. The highest BCUT2D eigenvalue weighted by molar-refractivity contribution is 6.41. The molecule has 164 valence electrons. The molecule has 0 bridgehead atoms. The van der Waals surface area contributed by atoms with E-state index in [1.807, 2.05) is 0 Å². The van der Waals surface area contributed by atoms with Gasteiger partial charge in [-0.2, -0.15) is 0 Å². The number of halogens is 6. The van der Waals surface area contributed by atoms with Crippen molar-refractivity contribution >= 4 is 75.5 Å². The van der Waals surface area contributed by atoms with Gasteiger partial charge in [-0.05, 0) is 24.3 Å². The number of nitrogens with zero attached hydrogens (tertiary/aromatic N) is 2. The first-order chi connectivity index (χ1) is 14.7. The summed E-state index contributed by atoms with van der Waals surface area (Å²) in [6.45, 7) is 0.154. The number of hydrogen-bond donors (Lipinski definition) is 2. The number of hydrogen-bond acceptors (Lipinski definition) is 5. The summed E-state index contributed by atoms with van der Waals surface area (Å²) in [5.41, 5.74) is 0.256. The van der Waals surface area contributed by atoms with Gasteiger partial charge in [-0.15, -0.1) is 0 Å². The minimum atomic E-state index is -0.322. The molecule has 0 aliphatic heterocycles. The van der Waals surface area contributed by atoms with Crippen LogP contribution in [-0.2, 0) is 0 Å². The third kappa shape index (κ3) is 7.84. The van der Waals surface area contributed by atoms with Crippen LogP contribution in [0.4, 0.5) is 0 Å². The van der Waals surface area contributed by atoms with Gasteiger partial charge < -0.3 is 15.2 Å². The second kappa shape index (κ2) is 12.5. The van der Waals surface area contributed by atoms with Crippen LogP contribution in [-0.4, -0.2) is 34.1 Å². The molecule has 0 aliphatic carbocycles. The van der Waals surface area contributed by atoms with Gasteiger partial charge in [0.15, 0.2) is 11.5 Å². The average Bonchev–Trinajstić information content (AvgIpc) is 2.71. The van der Waals surface area contributed by atoms with Gasteiger partial charge in [0, 0.05) is 29.0 Å². The Balaban J connectivity index is 0.000000245. The number of aromatic nitrogens is 2. The first-order valence-corrected chi connectivity index (χ1v) is 10.6. The van der Waals surface area contributed by atoms with E-state index in [9.17, 15) is 4.79 Å². The molecule has 1 aromatic heterocycles. The van der Waals surface area contributed by atoms with Gasteiger partial charge in [-0.25, -0.2) is 4.98 Å². The fourth-order valence-electron chi connectivity index (χ4n) is 2.03. The van der Waals surface area contributed by atoms with Crippen molar-refractivity contribution in [3.05, 3.63) is 78.7 Å². The summed E-state index contributed by atoms with van der Waals surface area (Å²) in [6.07, 6.45) is 4.30. The molecular formula is C19H13Cl6N3O3. The van der Waals surface area contributed by atoms with Crippen LogP contribution in [0.15, 0.2) is 42.9 Å². The zero-order valence-corrected chi connectivity index (χ0v) is 19.9. The Labute approximate surface area is 208 Å². The SMILES string of the molecule is Clc1cc(Cl)c(Oc2c(Cl)cc(Cl)cc2Cl)c(Cl)c1.O=C(NCCO)c1cnccn1. The van der Waals surface area contributed by atoms with E-state index in [4.69, 9.17) is 79.4 Å². The molecule has 0 radical (unpaired) electrons. The average molecular weight is 544 g/mol. The monoisotopic (exact) mass is 541 g/mol. The number of benzene rings is 2. The highest BCUT2D eigenvalue weighted by atomic mass is 35.5. The molecule has 0 unspecified atom stereocenters. The van der Waals surface area contributed by atoms with Crippen LogP contribution in [0.5, 0.6) is 11.5 Å². The zero-order valence-electron chi connectivity index (χ0n) is 15.4. The molecule has 0 atom stereocenters. The number of rotatable bonds is 5. The first-order valence-electron chi connectivity index (χ1n) is 8.35. The minimum absolute atomic E-state index is 0.0774. The van der Waals surface area contributed by atoms with Gasteiger partial charge in [-0.3, -0.25) is 9.78 Å². The number of carbonyl (C=O) groups excluding carboxylic acids is 1. The Kier molecular flexibility index (Phi) is 10.4. The summed E-state index contributed by atoms with van der Waals surface area (Å²) in [6, 6.07) is 6.01. The number of aliphatic hydroxyl groups excluding tert-OH is 1. The van der Waals surface area contributed by atoms with Crippen molar-refractivity contribution in [2.75, 3.05) is 13.2 Å². The number of aliphatic hydroxyl groups is 1. The maximum Gasteiger partial charge on any atom is 0.271 e. The van der Waals surface area contributed by atoms with E-state index in [2.05, 4.69) is 15.3 Å². The molecule has 1 heterocycles. The maximum absolute atomic E-state index is 11.1. The van der Waals surface area contributed by atoms with Gasteiger partial charge in [0.05, 0.1) is 32.9 Å². The van der Waals surface area contributed by atoms with Crippen LogP contribution in [0.3, 0.4) is 0 Å². The lowest BCUT2D eigenvalue weighted by molar-refractivity contribution is 0.0939. The predicted molar refractivity (Wildman–Crippen MR) is 124 cm³/mol. The summed E-state index contributed by atoms with van der Waals surface area (Å²) < 4.78 is 5.57. The minimum Gasteiger partial charge on any atom is -0.451 e. The quantitative estimate of drug-likeness (QED) is 0.379. The van der Waals surface area contributed by atoms with Crippen molar-refractivity contribution in [3.8, 4) is 11.5 Å². The molecule has 3 rings (SSSR count). The van der Waals surface area contributed by atoms with E-state index in [-0.39, 0.29) is 56.3 Å². The van der Waals surface area contributed by atoms with Crippen molar-refractivity contribution in [1.82, 2.24) is 15.3 Å². The summed E-state index contributed by atoms with van der Waals surface area (Å²) in [7, 11) is 0. The maximum atomic E-state index is 11.1. The van der Waals surface area contributed by atoms with Crippen LogP contribution in [0.25, 0.3) is 0 Å². The van der Waals surface area contributed by atoms with E-state index < -0.39 is 0 Å². The molecule has 6 nitrogen and oxygen atoms in total. The molecule has 0 saturated carbocycles. The van der Waals surface area contributed by atoms with Gasteiger partial charge in [0.25, 0.3) is 5.91 Å². The van der Waals surface area contributed by atoms with Crippen LogP contribution in [0.2, 0.25) is 30.1 Å². The van der Waals surface area contributed by atoms with E-state index in [1.54, 1.807) is 0 Å². The van der Waals surface area contributed by atoms with Crippen molar-refractivity contribution < 1.29 is 14.6 Å². The molecule has 0 aliphatic rings. The van der Waals surface area contributed by atoms with Crippen molar-refractivity contribution in [3.63, 3.8) is 0 Å². The Morgan fingerprint density at radius 2 is 1.35 bits per heavy atom. The molecule has 31 heavy (non-hydrogen) atoms. The highest BCUT2D eigenvalue weighted by Crippen LogP contribution is 2.44. The molecule has 2 N–H and O–H groups in total. The largest absolute Gasteiger partial charge is 0.451 e. The summed E-state index contributed by atoms with van der Waals surface area (Å²) in [5.74, 6) is 0.120. The summed E-state index contributed by atoms with van der Waals surface area (Å²) in [5, 5.41) is 12.7. The second-order valence-corrected chi connectivity index (χ2v) is 8.07. The zero-order chi connectivity index (χ0) is 23.0. The van der Waals surface area contributed by atoms with Crippen LogP contribution in [0.1, 0.15) is 10.5 Å². The molecule has 0 spiro atoms. The summed E-state index contributed by atoms with van der Waals surface area (Å²) >= 11 is 35.7. The Morgan fingerprint density at radius 3 is 1.74 bits per heavy atom. The third-order valence-corrected chi connectivity index (χ3v) is 4.88. The first kappa shape index (κ1) is 25.7. The van der Waals surface area contributed by atoms with E-state index >= 15 is 0 Å². The smallest absolute Gasteiger partial charge is 0.271 e. The van der Waals surface area contributed by atoms with Crippen molar-refractivity contribution in [1.29, 1.82) is 0 Å². The number of carbonyl (C=O) groups is 1. The normalized spacial score (nSPS) is 10.2. The standard InChI is InChI=1S/C12H4Cl6O.C7H9N3O2/c13-5-1-7(15)11(8(16)2-5)19-12-9(17)3-6(14)4-10(12)18;11-4-3-10-7(12)6-5-8-1-2-9-6/h1-4H;1-2,5,11H,3-4H2,(H,10,12). The highest BCUT2D eigenvalue weighted by Gasteiger charge is 2.15. The van der Waals surface area contributed by atoms with Crippen LogP contribution >= 0.6 is 69.6 Å². The molecule has 0 saturated heterocycles. The van der Waals surface area contributed by atoms with Crippen molar-refractivity contribution in [2.45, 2.75) is 0 Å². The van der Waals surface area contributed by atoms with Gasteiger partial charge in [0.2, 0.25) is 0 Å². The van der Waals surface area contributed by atoms with E-state index in [1.165, 1.54) is 42.9 Å². The summed E-state index contributed by atoms with van der Waals surface area (Å²) in [4.78, 5) is 18.6. The predicted octanol–water partition coefficient (Wildman–Crippen LogP) is 6.60. The lowest BCUT2D eigenvalue weighted by Crippen LogP contribution is -2.27. The fourth-order valence-corrected chi connectivity index (χ4v) is 3.82. The molecule has 1 amide bonds. The Bertz CT molecular complexity index is 952. The molecule has 3 aromatic rings. The molecule has 2 aromatic carbocycles. The second-order valence-electron chi connectivity index (χ2n) is 5.57. The number of nitrogens with one attached hydrogen (secondary N) is 1. The van der Waals surface area contributed by atoms with E-state index in [0.717, 1.165) is 0 Å². The lowest BCUT2D eigenvalue weighted by Gasteiger charge is -2.12. The fraction of sp³-hybridized carbons (Fsp3) is 0.105. The van der Waals surface area contributed by atoms with Gasteiger partial charge in [-0.1, -0.05) is 69.6 Å². The topological polar surface area (TPSA) is 84.3 Å².